The minimum atomic E-state index is -0.247. The Bertz CT molecular complexity index is 818. The molecule has 1 heterocycles. The first-order valence-corrected chi connectivity index (χ1v) is 9.31. The third-order valence-corrected chi connectivity index (χ3v) is 4.31. The molecule has 3 rings (SSSR count). The maximum Gasteiger partial charge on any atom is 0.123 e. The molecule has 2 aromatic carbocycles. The van der Waals surface area contributed by atoms with Crippen LogP contribution in [0.2, 0.25) is 0 Å². The Hall–Kier alpha value is -2.57. The van der Waals surface area contributed by atoms with Crippen LogP contribution in [0, 0.1) is 5.82 Å². The summed E-state index contributed by atoms with van der Waals surface area (Å²) in [7, 11) is 0. The van der Waals surface area contributed by atoms with Gasteiger partial charge in [-0.1, -0.05) is 42.5 Å². The van der Waals surface area contributed by atoms with Gasteiger partial charge in [-0.25, -0.2) is 4.39 Å². The average Bonchev–Trinajstić information content (AvgIpc) is 3.10. The second-order valence-electron chi connectivity index (χ2n) is 6.48. The van der Waals surface area contributed by atoms with Gasteiger partial charge in [0.25, 0.3) is 0 Å². The summed E-state index contributed by atoms with van der Waals surface area (Å²) in [6.07, 6.45) is 2.86. The average molecular weight is 368 g/mol. The van der Waals surface area contributed by atoms with Crippen molar-refractivity contribution in [2.24, 2.45) is 0 Å². The number of nitrogens with zero attached hydrogens (tertiary/aromatic N) is 3. The van der Waals surface area contributed by atoms with Crippen LogP contribution in [0.5, 0.6) is 0 Å². The molecule has 0 amide bonds. The maximum atomic E-state index is 13.1. The lowest BCUT2D eigenvalue weighted by Crippen LogP contribution is -2.16. The monoisotopic (exact) mass is 368 g/mol. The van der Waals surface area contributed by atoms with E-state index in [9.17, 15) is 4.39 Å². The summed E-state index contributed by atoms with van der Waals surface area (Å²) in [5.41, 5.74) is 3.74. The quantitative estimate of drug-likeness (QED) is 0.539. The van der Waals surface area contributed by atoms with Crippen molar-refractivity contribution < 1.29 is 9.50 Å². The summed E-state index contributed by atoms with van der Waals surface area (Å²) < 4.78 is 13.1. The highest BCUT2D eigenvalue weighted by molar-refractivity contribution is 5.60. The van der Waals surface area contributed by atoms with Gasteiger partial charge >= 0.3 is 0 Å². The van der Waals surface area contributed by atoms with Gasteiger partial charge in [0.2, 0.25) is 0 Å². The van der Waals surface area contributed by atoms with E-state index in [1.165, 1.54) is 12.1 Å². The lowest BCUT2D eigenvalue weighted by Gasteiger charge is -2.04. The molecule has 0 aliphatic carbocycles. The summed E-state index contributed by atoms with van der Waals surface area (Å²) in [4.78, 5) is 1.67. The molecule has 0 atom stereocenters. The number of halogens is 1. The van der Waals surface area contributed by atoms with Crippen molar-refractivity contribution in [2.45, 2.75) is 32.4 Å². The lowest BCUT2D eigenvalue weighted by molar-refractivity contribution is 0.283. The number of unbranched alkanes of at least 4 members (excludes halogenated alkanes) is 2. The van der Waals surface area contributed by atoms with Crippen LogP contribution in [0.25, 0.3) is 11.3 Å². The highest BCUT2D eigenvalue weighted by atomic mass is 19.1. The van der Waals surface area contributed by atoms with E-state index in [0.717, 1.165) is 48.3 Å². The number of nitrogens with one attached hydrogen (secondary N) is 1. The SMILES string of the molecule is OCCCCCNCc1nn(Cc2ccc(F)cc2)nc1-c1ccccc1. The molecular formula is C21H25FN4O. The van der Waals surface area contributed by atoms with Crippen LogP contribution in [-0.4, -0.2) is 33.3 Å². The molecule has 0 fully saturated rings. The standard InChI is InChI=1S/C21H25FN4O/c22-19-11-9-17(10-12-19)16-26-24-20(15-23-13-5-2-6-14-27)21(25-26)18-7-3-1-4-8-18/h1,3-4,7-12,23,27H,2,5-6,13-16H2. The van der Waals surface area contributed by atoms with E-state index in [1.54, 1.807) is 16.9 Å². The van der Waals surface area contributed by atoms with Crippen molar-refractivity contribution in [1.29, 1.82) is 0 Å². The van der Waals surface area contributed by atoms with Gasteiger partial charge in [-0.2, -0.15) is 15.0 Å². The van der Waals surface area contributed by atoms with E-state index in [4.69, 9.17) is 5.11 Å². The Morgan fingerprint density at radius 3 is 2.44 bits per heavy atom. The first-order valence-electron chi connectivity index (χ1n) is 9.31. The van der Waals surface area contributed by atoms with Gasteiger partial charge in [0, 0.05) is 18.7 Å². The molecule has 6 heteroatoms. The Morgan fingerprint density at radius 2 is 1.70 bits per heavy atom. The van der Waals surface area contributed by atoms with Gasteiger partial charge in [-0.05, 0) is 43.5 Å². The number of hydrogen-bond acceptors (Lipinski definition) is 4. The fourth-order valence-electron chi connectivity index (χ4n) is 2.89. The van der Waals surface area contributed by atoms with Crippen LogP contribution in [0.4, 0.5) is 4.39 Å². The molecule has 0 aliphatic rings. The number of aromatic nitrogens is 3. The van der Waals surface area contributed by atoms with Gasteiger partial charge in [-0.15, -0.1) is 0 Å². The minimum Gasteiger partial charge on any atom is -0.396 e. The van der Waals surface area contributed by atoms with Crippen molar-refractivity contribution in [3.63, 3.8) is 0 Å². The third kappa shape index (κ3) is 5.70. The normalized spacial score (nSPS) is 11.0. The molecule has 2 N–H and O–H groups in total. The van der Waals surface area contributed by atoms with Crippen molar-refractivity contribution in [3.8, 4) is 11.3 Å². The van der Waals surface area contributed by atoms with E-state index < -0.39 is 0 Å². The number of benzene rings is 2. The zero-order valence-electron chi connectivity index (χ0n) is 15.3. The largest absolute Gasteiger partial charge is 0.396 e. The van der Waals surface area contributed by atoms with E-state index in [-0.39, 0.29) is 12.4 Å². The molecule has 1 aromatic heterocycles. The van der Waals surface area contributed by atoms with Gasteiger partial charge in [-0.3, -0.25) is 0 Å². The van der Waals surface area contributed by atoms with Crippen LogP contribution in [0.1, 0.15) is 30.5 Å². The van der Waals surface area contributed by atoms with E-state index in [2.05, 4.69) is 15.5 Å². The Labute approximate surface area is 158 Å². The van der Waals surface area contributed by atoms with Gasteiger partial charge < -0.3 is 10.4 Å². The molecule has 0 radical (unpaired) electrons. The van der Waals surface area contributed by atoms with Crippen molar-refractivity contribution >= 4 is 0 Å². The summed E-state index contributed by atoms with van der Waals surface area (Å²) in [5.74, 6) is -0.247. The predicted octanol–water partition coefficient (Wildman–Crippen LogP) is 3.38. The molecule has 0 saturated heterocycles. The summed E-state index contributed by atoms with van der Waals surface area (Å²) >= 11 is 0. The maximum absolute atomic E-state index is 13.1. The molecule has 0 aliphatic heterocycles. The van der Waals surface area contributed by atoms with Gasteiger partial charge in [0.1, 0.15) is 17.2 Å². The molecular weight excluding hydrogens is 343 g/mol. The summed E-state index contributed by atoms with van der Waals surface area (Å²) in [6.45, 7) is 2.25. The van der Waals surface area contributed by atoms with Gasteiger partial charge in [0.15, 0.2) is 0 Å². The second-order valence-corrected chi connectivity index (χ2v) is 6.48. The topological polar surface area (TPSA) is 63.0 Å². The van der Waals surface area contributed by atoms with Crippen LogP contribution in [0.3, 0.4) is 0 Å². The molecule has 0 saturated carbocycles. The Kier molecular flexibility index (Phi) is 7.07. The van der Waals surface area contributed by atoms with Crippen LogP contribution < -0.4 is 5.32 Å². The third-order valence-electron chi connectivity index (χ3n) is 4.31. The Morgan fingerprint density at radius 1 is 0.926 bits per heavy atom. The van der Waals surface area contributed by atoms with E-state index >= 15 is 0 Å². The number of aliphatic hydroxyl groups is 1. The number of aliphatic hydroxyl groups excluding tert-OH is 1. The van der Waals surface area contributed by atoms with E-state index in [1.807, 2.05) is 30.3 Å². The Balaban J connectivity index is 1.71. The van der Waals surface area contributed by atoms with Crippen molar-refractivity contribution in [1.82, 2.24) is 20.3 Å². The van der Waals surface area contributed by atoms with Gasteiger partial charge in [0.05, 0.1) is 6.54 Å². The first kappa shape index (κ1) is 19.2. The molecule has 142 valence electrons. The summed E-state index contributed by atoms with van der Waals surface area (Å²) in [5, 5.41) is 21.6. The second kappa shape index (κ2) is 9.94. The lowest BCUT2D eigenvalue weighted by atomic mass is 10.1. The molecule has 0 bridgehead atoms. The smallest absolute Gasteiger partial charge is 0.123 e. The highest BCUT2D eigenvalue weighted by Crippen LogP contribution is 2.20. The minimum absolute atomic E-state index is 0.246. The highest BCUT2D eigenvalue weighted by Gasteiger charge is 2.13. The molecule has 0 unspecified atom stereocenters. The van der Waals surface area contributed by atoms with Crippen LogP contribution in [-0.2, 0) is 13.1 Å². The fraction of sp³-hybridized carbons (Fsp3) is 0.333. The zero-order chi connectivity index (χ0) is 18.9. The van der Waals surface area contributed by atoms with Crippen molar-refractivity contribution in [2.75, 3.05) is 13.2 Å². The van der Waals surface area contributed by atoms with Crippen LogP contribution in [0.15, 0.2) is 54.6 Å². The van der Waals surface area contributed by atoms with Crippen molar-refractivity contribution in [3.05, 3.63) is 71.7 Å². The first-order chi connectivity index (χ1) is 13.3. The molecule has 0 spiro atoms. The zero-order valence-corrected chi connectivity index (χ0v) is 15.3. The summed E-state index contributed by atoms with van der Waals surface area (Å²) in [6, 6.07) is 16.4. The number of hydrogen-bond donors (Lipinski definition) is 2. The molecule has 27 heavy (non-hydrogen) atoms. The molecule has 3 aromatic rings. The predicted molar refractivity (Wildman–Crippen MR) is 104 cm³/mol. The molecule has 5 nitrogen and oxygen atoms in total. The van der Waals surface area contributed by atoms with Crippen LogP contribution >= 0.6 is 0 Å². The van der Waals surface area contributed by atoms with E-state index in [0.29, 0.717) is 13.1 Å². The number of rotatable bonds is 10. The fourth-order valence-corrected chi connectivity index (χ4v) is 2.89.